The molecule has 1 amide bonds. The first-order valence-corrected chi connectivity index (χ1v) is 11.1. The smallest absolute Gasteiger partial charge is 0.253 e. The highest BCUT2D eigenvalue weighted by atomic mass is 35.5. The minimum absolute atomic E-state index is 0.0132. The number of carbonyl (C=O) groups is 1. The Morgan fingerprint density at radius 1 is 1.00 bits per heavy atom. The summed E-state index contributed by atoms with van der Waals surface area (Å²) in [6.45, 7) is 4.98. The van der Waals surface area contributed by atoms with Crippen LogP contribution in [0.1, 0.15) is 17.3 Å². The van der Waals surface area contributed by atoms with Crippen LogP contribution in [0.4, 0.5) is 5.82 Å². The van der Waals surface area contributed by atoms with Gasteiger partial charge >= 0.3 is 0 Å². The van der Waals surface area contributed by atoms with Gasteiger partial charge in [-0.2, -0.15) is 4.68 Å². The Hall–Kier alpha value is -3.72. The van der Waals surface area contributed by atoms with Crippen molar-refractivity contribution in [2.75, 3.05) is 37.7 Å². The van der Waals surface area contributed by atoms with Crippen molar-refractivity contribution >= 4 is 34.5 Å². The number of rotatable bonds is 5. The fraction of sp³-hybridized carbons (Fsp3) is 0.261. The third-order valence-electron chi connectivity index (χ3n) is 5.57. The van der Waals surface area contributed by atoms with E-state index in [1.807, 2.05) is 48.2 Å². The van der Waals surface area contributed by atoms with Crippen molar-refractivity contribution in [3.8, 4) is 11.4 Å². The number of aromatic nitrogens is 5. The first-order chi connectivity index (χ1) is 16.1. The lowest BCUT2D eigenvalue weighted by Crippen LogP contribution is -2.49. The van der Waals surface area contributed by atoms with Crippen molar-refractivity contribution in [2.45, 2.75) is 6.92 Å². The van der Waals surface area contributed by atoms with Crippen molar-refractivity contribution in [3.63, 3.8) is 0 Å². The first kappa shape index (κ1) is 21.1. The van der Waals surface area contributed by atoms with Gasteiger partial charge in [-0.1, -0.05) is 16.8 Å². The number of anilines is 1. The second kappa shape index (κ2) is 9.03. The third kappa shape index (κ3) is 4.19. The van der Waals surface area contributed by atoms with Crippen LogP contribution in [-0.4, -0.2) is 68.6 Å². The monoisotopic (exact) mass is 463 g/mol. The molecule has 2 aromatic carbocycles. The molecule has 9 nitrogen and oxygen atoms in total. The quantitative estimate of drug-likeness (QED) is 0.449. The lowest BCUT2D eigenvalue weighted by molar-refractivity contribution is 0.0746. The van der Waals surface area contributed by atoms with E-state index in [-0.39, 0.29) is 5.91 Å². The molecule has 0 spiro atoms. The number of fused-ring (bicyclic) bond motifs is 1. The van der Waals surface area contributed by atoms with Gasteiger partial charge in [0, 0.05) is 36.8 Å². The van der Waals surface area contributed by atoms with Gasteiger partial charge in [0.2, 0.25) is 0 Å². The molecule has 1 fully saturated rings. The molecule has 33 heavy (non-hydrogen) atoms. The maximum atomic E-state index is 12.9. The normalized spacial score (nSPS) is 14.0. The Balaban J connectivity index is 1.31. The van der Waals surface area contributed by atoms with E-state index in [1.54, 1.807) is 16.8 Å². The molecule has 0 unspecified atom stereocenters. The zero-order valence-electron chi connectivity index (χ0n) is 18.1. The van der Waals surface area contributed by atoms with E-state index in [1.165, 1.54) is 6.33 Å². The number of hydrogen-bond acceptors (Lipinski definition) is 7. The predicted molar refractivity (Wildman–Crippen MR) is 125 cm³/mol. The minimum Gasteiger partial charge on any atom is -0.494 e. The van der Waals surface area contributed by atoms with Crippen molar-refractivity contribution in [1.82, 2.24) is 29.9 Å². The van der Waals surface area contributed by atoms with E-state index in [4.69, 9.17) is 16.3 Å². The summed E-state index contributed by atoms with van der Waals surface area (Å²) in [6, 6.07) is 14.6. The van der Waals surface area contributed by atoms with Crippen LogP contribution in [0.15, 0.2) is 54.9 Å². The first-order valence-electron chi connectivity index (χ1n) is 10.7. The molecule has 1 aliphatic heterocycles. The van der Waals surface area contributed by atoms with Crippen LogP contribution in [0.5, 0.6) is 5.75 Å². The molecule has 168 valence electrons. The Kier molecular flexibility index (Phi) is 5.78. The lowest BCUT2D eigenvalue weighted by Gasteiger charge is -2.35. The Morgan fingerprint density at radius 2 is 1.73 bits per heavy atom. The molecule has 0 bridgehead atoms. The maximum Gasteiger partial charge on any atom is 0.253 e. The molecule has 0 saturated carbocycles. The molecular formula is C23H22ClN7O2. The van der Waals surface area contributed by atoms with Crippen LogP contribution in [0.25, 0.3) is 16.9 Å². The van der Waals surface area contributed by atoms with Gasteiger partial charge in [0.1, 0.15) is 12.1 Å². The SMILES string of the molecule is CCOc1ccc(C(=O)N2CCN(c3ncnc4c3nnn4-c3ccc(Cl)cc3)CC2)cc1. The topological polar surface area (TPSA) is 89.3 Å². The molecular weight excluding hydrogens is 442 g/mol. The van der Waals surface area contributed by atoms with Crippen LogP contribution in [-0.2, 0) is 0 Å². The molecule has 2 aromatic heterocycles. The van der Waals surface area contributed by atoms with Crippen molar-refractivity contribution in [2.24, 2.45) is 0 Å². The lowest BCUT2D eigenvalue weighted by atomic mass is 10.1. The summed E-state index contributed by atoms with van der Waals surface area (Å²) in [6.07, 6.45) is 1.52. The van der Waals surface area contributed by atoms with Gasteiger partial charge < -0.3 is 14.5 Å². The largest absolute Gasteiger partial charge is 0.494 e. The summed E-state index contributed by atoms with van der Waals surface area (Å²) >= 11 is 6.00. The summed E-state index contributed by atoms with van der Waals surface area (Å²) in [5.74, 6) is 1.49. The van der Waals surface area contributed by atoms with Gasteiger partial charge in [-0.3, -0.25) is 4.79 Å². The van der Waals surface area contributed by atoms with Crippen LogP contribution in [0.3, 0.4) is 0 Å². The van der Waals surface area contributed by atoms with Crippen molar-refractivity contribution < 1.29 is 9.53 Å². The van der Waals surface area contributed by atoms with Crippen LogP contribution < -0.4 is 9.64 Å². The molecule has 4 aromatic rings. The molecule has 1 saturated heterocycles. The van der Waals surface area contributed by atoms with Gasteiger partial charge in [-0.25, -0.2) is 9.97 Å². The summed E-state index contributed by atoms with van der Waals surface area (Å²) in [4.78, 5) is 25.7. The molecule has 0 atom stereocenters. The van der Waals surface area contributed by atoms with Crippen molar-refractivity contribution in [3.05, 3.63) is 65.4 Å². The van der Waals surface area contributed by atoms with Gasteiger partial charge in [0.05, 0.1) is 12.3 Å². The summed E-state index contributed by atoms with van der Waals surface area (Å²) < 4.78 is 7.13. The fourth-order valence-electron chi connectivity index (χ4n) is 3.89. The number of piperazine rings is 1. The zero-order chi connectivity index (χ0) is 22.8. The van der Waals surface area contributed by atoms with Crippen LogP contribution >= 0.6 is 11.6 Å². The van der Waals surface area contributed by atoms with Gasteiger partial charge in [-0.15, -0.1) is 5.10 Å². The summed E-state index contributed by atoms with van der Waals surface area (Å²) in [7, 11) is 0. The minimum atomic E-state index is 0.0132. The average Bonchev–Trinajstić information content (AvgIpc) is 3.29. The number of ether oxygens (including phenoxy) is 1. The number of nitrogens with zero attached hydrogens (tertiary/aromatic N) is 7. The highest BCUT2D eigenvalue weighted by Gasteiger charge is 2.25. The van der Waals surface area contributed by atoms with E-state index in [2.05, 4.69) is 25.2 Å². The number of benzene rings is 2. The van der Waals surface area contributed by atoms with Gasteiger partial charge in [0.15, 0.2) is 17.0 Å². The Morgan fingerprint density at radius 3 is 2.42 bits per heavy atom. The number of halogens is 1. The van der Waals surface area contributed by atoms with Crippen LogP contribution in [0, 0.1) is 0 Å². The molecule has 5 rings (SSSR count). The Labute approximate surface area is 195 Å². The van der Waals surface area contributed by atoms with Gasteiger partial charge in [-0.05, 0) is 55.5 Å². The fourth-order valence-corrected chi connectivity index (χ4v) is 4.01. The van der Waals surface area contributed by atoms with Crippen molar-refractivity contribution in [1.29, 1.82) is 0 Å². The molecule has 0 aliphatic carbocycles. The van der Waals surface area contributed by atoms with E-state index < -0.39 is 0 Å². The third-order valence-corrected chi connectivity index (χ3v) is 5.82. The molecule has 1 aliphatic rings. The maximum absolute atomic E-state index is 12.9. The molecule has 3 heterocycles. The molecule has 0 radical (unpaired) electrons. The zero-order valence-corrected chi connectivity index (χ0v) is 18.8. The van der Waals surface area contributed by atoms with Crippen LogP contribution in [0.2, 0.25) is 5.02 Å². The number of amides is 1. The second-order valence-electron chi connectivity index (χ2n) is 7.58. The number of hydrogen-bond donors (Lipinski definition) is 0. The molecule has 10 heteroatoms. The van der Waals surface area contributed by atoms with E-state index >= 15 is 0 Å². The van der Waals surface area contributed by atoms with E-state index in [0.717, 1.165) is 11.4 Å². The predicted octanol–water partition coefficient (Wildman–Crippen LogP) is 3.23. The van der Waals surface area contributed by atoms with Gasteiger partial charge in [0.25, 0.3) is 5.91 Å². The summed E-state index contributed by atoms with van der Waals surface area (Å²) in [5.41, 5.74) is 2.72. The second-order valence-corrected chi connectivity index (χ2v) is 8.02. The van der Waals surface area contributed by atoms with E-state index in [0.29, 0.717) is 60.4 Å². The molecule has 0 N–H and O–H groups in total. The highest BCUT2D eigenvalue weighted by Crippen LogP contribution is 2.24. The standard InChI is InChI=1S/C23H22ClN7O2/c1-2-33-19-9-3-16(4-10-19)23(32)30-13-11-29(12-14-30)21-20-22(26-15-25-21)31(28-27-20)18-7-5-17(24)6-8-18/h3-10,15H,2,11-14H2,1H3. The number of carbonyl (C=O) groups excluding carboxylic acids is 1. The Bertz CT molecular complexity index is 1270. The summed E-state index contributed by atoms with van der Waals surface area (Å²) in [5, 5.41) is 9.26. The average molecular weight is 464 g/mol. The van der Waals surface area contributed by atoms with E-state index in [9.17, 15) is 4.79 Å². The highest BCUT2D eigenvalue weighted by molar-refractivity contribution is 6.30.